The second-order valence-corrected chi connectivity index (χ2v) is 5.30. The van der Waals surface area contributed by atoms with E-state index in [0.29, 0.717) is 15.8 Å². The summed E-state index contributed by atoms with van der Waals surface area (Å²) in [5, 5.41) is 2.81. The van der Waals surface area contributed by atoms with Gasteiger partial charge in [-0.2, -0.15) is 13.2 Å². The van der Waals surface area contributed by atoms with Gasteiger partial charge >= 0.3 is 6.18 Å². The Kier molecular flexibility index (Phi) is 3.94. The SMILES string of the molecule is Cc1cc(N)ccc1Nc1ccc(Br)cc1C(F)(F)F. The Hall–Kier alpha value is -1.69. The Balaban J connectivity index is 2.43. The molecule has 2 aromatic rings. The molecular formula is C14H12BrF3N2. The highest BCUT2D eigenvalue weighted by Gasteiger charge is 2.33. The van der Waals surface area contributed by atoms with Gasteiger partial charge in [-0.05, 0) is 48.9 Å². The predicted octanol–water partition coefficient (Wildman–Crippen LogP) is 5.10. The fourth-order valence-electron chi connectivity index (χ4n) is 1.83. The molecular weight excluding hydrogens is 333 g/mol. The molecule has 6 heteroatoms. The van der Waals surface area contributed by atoms with Gasteiger partial charge < -0.3 is 11.1 Å². The van der Waals surface area contributed by atoms with E-state index in [-0.39, 0.29) is 5.69 Å². The fraction of sp³-hybridized carbons (Fsp3) is 0.143. The van der Waals surface area contributed by atoms with Crippen molar-refractivity contribution in [3.05, 3.63) is 52.0 Å². The first kappa shape index (κ1) is 14.7. The van der Waals surface area contributed by atoms with Crippen LogP contribution >= 0.6 is 15.9 Å². The molecule has 0 heterocycles. The third kappa shape index (κ3) is 3.25. The van der Waals surface area contributed by atoms with Crippen molar-refractivity contribution in [1.82, 2.24) is 0 Å². The van der Waals surface area contributed by atoms with Crippen LogP contribution in [0.5, 0.6) is 0 Å². The van der Waals surface area contributed by atoms with Crippen LogP contribution in [-0.4, -0.2) is 0 Å². The van der Waals surface area contributed by atoms with Gasteiger partial charge in [0.2, 0.25) is 0 Å². The molecule has 20 heavy (non-hydrogen) atoms. The van der Waals surface area contributed by atoms with E-state index in [0.717, 1.165) is 11.6 Å². The van der Waals surface area contributed by atoms with Crippen LogP contribution in [-0.2, 0) is 6.18 Å². The minimum absolute atomic E-state index is 0.00794. The lowest BCUT2D eigenvalue weighted by Gasteiger charge is -2.16. The maximum atomic E-state index is 13.0. The van der Waals surface area contributed by atoms with Crippen molar-refractivity contribution in [3.63, 3.8) is 0 Å². The Bertz CT molecular complexity index is 639. The number of rotatable bonds is 2. The first-order chi connectivity index (χ1) is 9.27. The number of benzene rings is 2. The highest BCUT2D eigenvalue weighted by atomic mass is 79.9. The average Bonchev–Trinajstić information content (AvgIpc) is 2.33. The quantitative estimate of drug-likeness (QED) is 0.743. The minimum Gasteiger partial charge on any atom is -0.399 e. The topological polar surface area (TPSA) is 38.0 Å². The van der Waals surface area contributed by atoms with E-state index in [4.69, 9.17) is 5.73 Å². The Labute approximate surface area is 122 Å². The van der Waals surface area contributed by atoms with E-state index in [1.807, 2.05) is 0 Å². The van der Waals surface area contributed by atoms with Crippen molar-refractivity contribution in [2.75, 3.05) is 11.1 Å². The third-order valence-electron chi connectivity index (χ3n) is 2.81. The van der Waals surface area contributed by atoms with Crippen LogP contribution < -0.4 is 11.1 Å². The number of anilines is 3. The van der Waals surface area contributed by atoms with Crippen LogP contribution in [0.15, 0.2) is 40.9 Å². The van der Waals surface area contributed by atoms with E-state index in [1.54, 1.807) is 31.2 Å². The highest BCUT2D eigenvalue weighted by Crippen LogP contribution is 2.38. The van der Waals surface area contributed by atoms with Gasteiger partial charge in [-0.15, -0.1) is 0 Å². The van der Waals surface area contributed by atoms with Gasteiger partial charge in [0.25, 0.3) is 0 Å². The highest BCUT2D eigenvalue weighted by molar-refractivity contribution is 9.10. The lowest BCUT2D eigenvalue weighted by atomic mass is 10.1. The van der Waals surface area contributed by atoms with Crippen LogP contribution in [0.4, 0.5) is 30.2 Å². The van der Waals surface area contributed by atoms with Crippen molar-refractivity contribution in [1.29, 1.82) is 0 Å². The van der Waals surface area contributed by atoms with E-state index < -0.39 is 11.7 Å². The maximum Gasteiger partial charge on any atom is 0.418 e. The molecule has 0 atom stereocenters. The van der Waals surface area contributed by atoms with Crippen LogP contribution in [0.25, 0.3) is 0 Å². The molecule has 0 radical (unpaired) electrons. The molecule has 0 unspecified atom stereocenters. The van der Waals surface area contributed by atoms with Gasteiger partial charge in [-0.1, -0.05) is 15.9 Å². The molecule has 2 aromatic carbocycles. The molecule has 0 aliphatic rings. The van der Waals surface area contributed by atoms with Crippen LogP contribution in [0, 0.1) is 6.92 Å². The van der Waals surface area contributed by atoms with E-state index in [1.165, 1.54) is 6.07 Å². The second-order valence-electron chi connectivity index (χ2n) is 4.39. The molecule has 0 saturated heterocycles. The normalized spacial score (nSPS) is 11.4. The van der Waals surface area contributed by atoms with Crippen molar-refractivity contribution < 1.29 is 13.2 Å². The number of aryl methyl sites for hydroxylation is 1. The van der Waals surface area contributed by atoms with Gasteiger partial charge in [0.05, 0.1) is 11.3 Å². The summed E-state index contributed by atoms with van der Waals surface area (Å²) < 4.78 is 39.4. The Morgan fingerprint density at radius 2 is 1.70 bits per heavy atom. The second kappa shape index (κ2) is 5.36. The molecule has 0 aliphatic heterocycles. The van der Waals surface area contributed by atoms with Crippen molar-refractivity contribution in [3.8, 4) is 0 Å². The van der Waals surface area contributed by atoms with E-state index in [2.05, 4.69) is 21.2 Å². The number of nitrogen functional groups attached to an aromatic ring is 1. The molecule has 0 aliphatic carbocycles. The van der Waals surface area contributed by atoms with Gasteiger partial charge in [-0.25, -0.2) is 0 Å². The maximum absolute atomic E-state index is 13.0. The number of hydrogen-bond acceptors (Lipinski definition) is 2. The Morgan fingerprint density at radius 1 is 1.05 bits per heavy atom. The fourth-order valence-corrected chi connectivity index (χ4v) is 2.19. The van der Waals surface area contributed by atoms with Crippen LogP contribution in [0.2, 0.25) is 0 Å². The minimum atomic E-state index is -4.42. The largest absolute Gasteiger partial charge is 0.418 e. The summed E-state index contributed by atoms with van der Waals surface area (Å²) in [6.07, 6.45) is -4.42. The average molecular weight is 345 g/mol. The Morgan fingerprint density at radius 3 is 2.30 bits per heavy atom. The smallest absolute Gasteiger partial charge is 0.399 e. The molecule has 2 rings (SSSR count). The molecule has 0 saturated carbocycles. The lowest BCUT2D eigenvalue weighted by Crippen LogP contribution is -2.09. The molecule has 0 fully saturated rings. The molecule has 106 valence electrons. The first-order valence-corrected chi connectivity index (χ1v) is 6.56. The number of alkyl halides is 3. The lowest BCUT2D eigenvalue weighted by molar-refractivity contribution is -0.137. The molecule has 0 bridgehead atoms. The summed E-state index contributed by atoms with van der Waals surface area (Å²) in [5.74, 6) is 0. The monoisotopic (exact) mass is 344 g/mol. The number of hydrogen-bond donors (Lipinski definition) is 2. The zero-order valence-corrected chi connectivity index (χ0v) is 12.1. The molecule has 3 N–H and O–H groups in total. The molecule has 0 aromatic heterocycles. The number of halogens is 4. The summed E-state index contributed by atoms with van der Waals surface area (Å²) in [7, 11) is 0. The summed E-state index contributed by atoms with van der Waals surface area (Å²) >= 11 is 3.05. The molecule has 2 nitrogen and oxygen atoms in total. The first-order valence-electron chi connectivity index (χ1n) is 5.77. The molecule has 0 amide bonds. The summed E-state index contributed by atoms with van der Waals surface area (Å²) in [5.41, 5.74) is 6.85. The zero-order chi connectivity index (χ0) is 14.9. The standard InChI is InChI=1S/C14H12BrF3N2/c1-8-6-10(19)3-5-12(8)20-13-4-2-9(15)7-11(13)14(16,17)18/h2-7,20H,19H2,1H3. The summed E-state index contributed by atoms with van der Waals surface area (Å²) in [4.78, 5) is 0. The van der Waals surface area contributed by atoms with Gasteiger partial charge in [0, 0.05) is 15.8 Å². The van der Waals surface area contributed by atoms with Gasteiger partial charge in [0.1, 0.15) is 0 Å². The van der Waals surface area contributed by atoms with Crippen LogP contribution in [0.1, 0.15) is 11.1 Å². The van der Waals surface area contributed by atoms with Crippen LogP contribution in [0.3, 0.4) is 0 Å². The number of nitrogens with one attached hydrogen (secondary N) is 1. The summed E-state index contributed by atoms with van der Waals surface area (Å²) in [6.45, 7) is 1.78. The van der Waals surface area contributed by atoms with Crippen molar-refractivity contribution in [2.24, 2.45) is 0 Å². The van der Waals surface area contributed by atoms with Crippen molar-refractivity contribution >= 4 is 33.0 Å². The van der Waals surface area contributed by atoms with E-state index in [9.17, 15) is 13.2 Å². The summed E-state index contributed by atoms with van der Waals surface area (Å²) in [6, 6.07) is 9.00. The van der Waals surface area contributed by atoms with E-state index >= 15 is 0 Å². The zero-order valence-electron chi connectivity index (χ0n) is 10.6. The van der Waals surface area contributed by atoms with Gasteiger partial charge in [0.15, 0.2) is 0 Å². The predicted molar refractivity (Wildman–Crippen MR) is 78.0 cm³/mol. The number of nitrogens with two attached hydrogens (primary N) is 1. The van der Waals surface area contributed by atoms with Crippen molar-refractivity contribution in [2.45, 2.75) is 13.1 Å². The third-order valence-corrected chi connectivity index (χ3v) is 3.30. The van der Waals surface area contributed by atoms with Gasteiger partial charge in [-0.3, -0.25) is 0 Å². The molecule has 0 spiro atoms.